The molecular weight excluding hydrogens is 504 g/mol. The van der Waals surface area contributed by atoms with Crippen molar-refractivity contribution in [1.82, 2.24) is 10.6 Å². The van der Waals surface area contributed by atoms with Crippen LogP contribution in [-0.2, 0) is 27.5 Å². The Hall–Kier alpha value is -1.68. The highest BCUT2D eigenvalue weighted by Crippen LogP contribution is 2.22. The van der Waals surface area contributed by atoms with Gasteiger partial charge in [0, 0.05) is 31.8 Å². The summed E-state index contributed by atoms with van der Waals surface area (Å²) in [6.07, 6.45) is 1.23. The predicted molar refractivity (Wildman–Crippen MR) is 128 cm³/mol. The Morgan fingerprint density at radius 2 is 1.69 bits per heavy atom. The van der Waals surface area contributed by atoms with Gasteiger partial charge in [0.2, 0.25) is 0 Å². The van der Waals surface area contributed by atoms with Crippen LogP contribution in [0.5, 0.6) is 0 Å². The maximum absolute atomic E-state index is 13.5. The quantitative estimate of drug-likeness (QED) is 0.324. The van der Waals surface area contributed by atoms with E-state index in [4.69, 9.17) is 0 Å². The van der Waals surface area contributed by atoms with E-state index in [1.807, 2.05) is 44.2 Å². The molecule has 0 aliphatic heterocycles. The van der Waals surface area contributed by atoms with Gasteiger partial charge < -0.3 is 10.6 Å². The third-order valence-electron chi connectivity index (χ3n) is 4.44. The SMILES string of the molecule is CN=C(NCc1ccc(CS(C)(=O)=O)cc1)NCC(C)(C)c1cccc(F)c1.I. The number of hydrogen-bond acceptors (Lipinski definition) is 3. The van der Waals surface area contributed by atoms with Crippen LogP contribution in [-0.4, -0.2) is 34.2 Å². The minimum atomic E-state index is -3.03. The molecule has 2 rings (SSSR count). The lowest BCUT2D eigenvalue weighted by atomic mass is 9.84. The third-order valence-corrected chi connectivity index (χ3v) is 5.30. The van der Waals surface area contributed by atoms with Gasteiger partial charge in [-0.05, 0) is 28.8 Å². The largest absolute Gasteiger partial charge is 0.356 e. The van der Waals surface area contributed by atoms with Gasteiger partial charge in [-0.1, -0.05) is 50.2 Å². The Kier molecular flexibility index (Phi) is 9.54. The van der Waals surface area contributed by atoms with Gasteiger partial charge >= 0.3 is 0 Å². The van der Waals surface area contributed by atoms with Gasteiger partial charge in [-0.15, -0.1) is 24.0 Å². The number of hydrogen-bond donors (Lipinski definition) is 2. The highest BCUT2D eigenvalue weighted by molar-refractivity contribution is 14.0. The van der Waals surface area contributed by atoms with Gasteiger partial charge in [0.25, 0.3) is 0 Å². The maximum Gasteiger partial charge on any atom is 0.191 e. The van der Waals surface area contributed by atoms with Gasteiger partial charge in [-0.2, -0.15) is 0 Å². The summed E-state index contributed by atoms with van der Waals surface area (Å²) in [7, 11) is -1.34. The molecule has 0 saturated heterocycles. The zero-order valence-corrected chi connectivity index (χ0v) is 20.3. The first-order valence-corrected chi connectivity index (χ1v) is 11.1. The molecule has 0 bridgehead atoms. The molecule has 0 unspecified atom stereocenters. The molecule has 160 valence electrons. The summed E-state index contributed by atoms with van der Waals surface area (Å²) in [5, 5.41) is 6.51. The summed E-state index contributed by atoms with van der Waals surface area (Å²) in [5.74, 6) is 0.441. The second-order valence-corrected chi connectivity index (χ2v) is 9.70. The highest BCUT2D eigenvalue weighted by atomic mass is 127. The van der Waals surface area contributed by atoms with E-state index in [0.717, 1.165) is 16.7 Å². The predicted octanol–water partition coefficient (Wildman–Crippen LogP) is 3.63. The zero-order valence-electron chi connectivity index (χ0n) is 17.2. The summed E-state index contributed by atoms with van der Waals surface area (Å²) in [5.41, 5.74) is 2.43. The minimum absolute atomic E-state index is 0. The molecule has 0 heterocycles. The van der Waals surface area contributed by atoms with Crippen molar-refractivity contribution in [2.75, 3.05) is 19.8 Å². The Bertz CT molecular complexity index is 929. The van der Waals surface area contributed by atoms with Gasteiger partial charge in [0.05, 0.1) is 5.75 Å². The molecular formula is C21H29FIN3O2S. The molecule has 0 spiro atoms. The van der Waals surface area contributed by atoms with Gasteiger partial charge in [-0.3, -0.25) is 4.99 Å². The highest BCUT2D eigenvalue weighted by Gasteiger charge is 2.21. The fourth-order valence-electron chi connectivity index (χ4n) is 2.78. The number of sulfone groups is 1. The molecule has 8 heteroatoms. The van der Waals surface area contributed by atoms with Crippen molar-refractivity contribution in [1.29, 1.82) is 0 Å². The average Bonchev–Trinajstić information content (AvgIpc) is 2.62. The standard InChI is InChI=1S/C21H28FN3O2S.HI/c1-21(2,18-6-5-7-19(22)12-18)15-25-20(23-3)24-13-16-8-10-17(11-9-16)14-28(4,26)27;/h5-12H,13-15H2,1-4H3,(H2,23,24,25);1H. The number of nitrogens with one attached hydrogen (secondary N) is 2. The van der Waals surface area contributed by atoms with Gasteiger partial charge in [0.15, 0.2) is 15.8 Å². The van der Waals surface area contributed by atoms with Crippen LogP contribution < -0.4 is 10.6 Å². The fraction of sp³-hybridized carbons (Fsp3) is 0.381. The Morgan fingerprint density at radius 1 is 1.07 bits per heavy atom. The number of guanidine groups is 1. The van der Waals surface area contributed by atoms with Crippen LogP contribution in [0, 0.1) is 5.82 Å². The maximum atomic E-state index is 13.5. The molecule has 2 aromatic carbocycles. The van der Waals surface area contributed by atoms with Crippen LogP contribution in [0.2, 0.25) is 0 Å². The van der Waals surface area contributed by atoms with Crippen LogP contribution in [0.1, 0.15) is 30.5 Å². The summed E-state index contributed by atoms with van der Waals surface area (Å²) in [4.78, 5) is 4.22. The second kappa shape index (κ2) is 10.9. The summed E-state index contributed by atoms with van der Waals surface area (Å²) in [6, 6.07) is 14.1. The van der Waals surface area contributed by atoms with Crippen molar-refractivity contribution in [2.24, 2.45) is 4.99 Å². The molecule has 2 N–H and O–H groups in total. The van der Waals surface area contributed by atoms with Gasteiger partial charge in [-0.25, -0.2) is 12.8 Å². The van der Waals surface area contributed by atoms with Crippen molar-refractivity contribution in [3.63, 3.8) is 0 Å². The Morgan fingerprint density at radius 3 is 2.24 bits per heavy atom. The van der Waals surface area contributed by atoms with Crippen molar-refractivity contribution < 1.29 is 12.8 Å². The molecule has 0 saturated carbocycles. The summed E-state index contributed by atoms with van der Waals surface area (Å²) in [6.45, 7) is 5.23. The first-order valence-electron chi connectivity index (χ1n) is 9.05. The van der Waals surface area contributed by atoms with Crippen molar-refractivity contribution >= 4 is 39.8 Å². The molecule has 2 aromatic rings. The van der Waals surface area contributed by atoms with E-state index in [9.17, 15) is 12.8 Å². The fourth-order valence-corrected chi connectivity index (χ4v) is 3.58. The molecule has 0 radical (unpaired) electrons. The third kappa shape index (κ3) is 8.69. The lowest BCUT2D eigenvalue weighted by Gasteiger charge is -2.27. The van der Waals surface area contributed by atoms with Gasteiger partial charge in [0.1, 0.15) is 5.82 Å². The molecule has 5 nitrogen and oxygen atoms in total. The number of nitrogens with zero attached hydrogens (tertiary/aromatic N) is 1. The molecule has 0 amide bonds. The number of benzene rings is 2. The smallest absolute Gasteiger partial charge is 0.191 e. The minimum Gasteiger partial charge on any atom is -0.356 e. The molecule has 0 fully saturated rings. The van der Waals surface area contributed by atoms with Crippen molar-refractivity contribution in [3.8, 4) is 0 Å². The lowest BCUT2D eigenvalue weighted by molar-refractivity contribution is 0.503. The van der Waals surface area contributed by atoms with Crippen LogP contribution in [0.4, 0.5) is 4.39 Å². The Labute approximate surface area is 190 Å². The number of halogens is 2. The van der Waals surface area contributed by atoms with E-state index < -0.39 is 9.84 Å². The van der Waals surface area contributed by atoms with E-state index in [-0.39, 0.29) is 41.0 Å². The Balaban J connectivity index is 0.00000420. The normalized spacial score (nSPS) is 12.2. The first-order chi connectivity index (χ1) is 13.1. The van der Waals surface area contributed by atoms with Crippen LogP contribution >= 0.6 is 24.0 Å². The monoisotopic (exact) mass is 533 g/mol. The van der Waals surface area contributed by atoms with E-state index in [2.05, 4.69) is 15.6 Å². The summed E-state index contributed by atoms with van der Waals surface area (Å²) >= 11 is 0. The molecule has 0 aliphatic rings. The number of aliphatic imine (C=N–C) groups is 1. The molecule has 0 atom stereocenters. The molecule has 0 aliphatic carbocycles. The van der Waals surface area contributed by atoms with Crippen molar-refractivity contribution in [2.45, 2.75) is 31.6 Å². The summed E-state index contributed by atoms with van der Waals surface area (Å²) < 4.78 is 36.2. The number of rotatable bonds is 7. The van der Waals surface area contributed by atoms with Crippen LogP contribution in [0.3, 0.4) is 0 Å². The molecule has 29 heavy (non-hydrogen) atoms. The van der Waals surface area contributed by atoms with E-state index in [0.29, 0.717) is 19.0 Å². The second-order valence-electron chi connectivity index (χ2n) is 7.56. The van der Waals surface area contributed by atoms with E-state index in [1.54, 1.807) is 19.2 Å². The van der Waals surface area contributed by atoms with Crippen LogP contribution in [0.15, 0.2) is 53.5 Å². The average molecular weight is 533 g/mol. The van der Waals surface area contributed by atoms with Crippen molar-refractivity contribution in [3.05, 3.63) is 71.0 Å². The molecule has 0 aromatic heterocycles. The topological polar surface area (TPSA) is 70.6 Å². The zero-order chi connectivity index (χ0) is 20.8. The van der Waals surface area contributed by atoms with E-state index >= 15 is 0 Å². The van der Waals surface area contributed by atoms with E-state index in [1.165, 1.54) is 12.3 Å². The lowest BCUT2D eigenvalue weighted by Crippen LogP contribution is -2.43. The van der Waals surface area contributed by atoms with Crippen LogP contribution in [0.25, 0.3) is 0 Å². The first kappa shape index (κ1) is 25.4.